The fourth-order valence-corrected chi connectivity index (χ4v) is 3.08. The van der Waals surface area contributed by atoms with Crippen LogP contribution in [-0.2, 0) is 0 Å². The van der Waals surface area contributed by atoms with E-state index in [-0.39, 0.29) is 10.7 Å². The number of hydrogen-bond acceptors (Lipinski definition) is 2. The lowest BCUT2D eigenvalue weighted by molar-refractivity contribution is 0.103. The second kappa shape index (κ2) is 5.56. The van der Waals surface area contributed by atoms with Crippen molar-refractivity contribution in [2.24, 2.45) is 0 Å². The maximum Gasteiger partial charge on any atom is 0.265 e. The highest BCUT2D eigenvalue weighted by atomic mass is 79.9. The van der Waals surface area contributed by atoms with Crippen LogP contribution < -0.4 is 5.32 Å². The second-order valence-electron chi connectivity index (χ2n) is 3.77. The lowest BCUT2D eigenvalue weighted by Crippen LogP contribution is -2.12. The van der Waals surface area contributed by atoms with Crippen molar-refractivity contribution >= 4 is 50.5 Å². The van der Waals surface area contributed by atoms with Crippen molar-refractivity contribution in [2.75, 3.05) is 5.32 Å². The summed E-state index contributed by atoms with van der Waals surface area (Å²) in [7, 11) is 0. The first-order valence-corrected chi connectivity index (χ1v) is 7.09. The monoisotopic (exact) mass is 365 g/mol. The summed E-state index contributed by atoms with van der Waals surface area (Å²) in [6.07, 6.45) is 0. The smallest absolute Gasteiger partial charge is 0.265 e. The van der Waals surface area contributed by atoms with Gasteiger partial charge in [-0.05, 0) is 40.5 Å². The predicted molar refractivity (Wildman–Crippen MR) is 76.1 cm³/mol. The predicted octanol–water partition coefficient (Wildman–Crippen LogP) is 5.00. The molecule has 0 bridgehead atoms. The summed E-state index contributed by atoms with van der Waals surface area (Å²) >= 11 is 10.2. The number of benzene rings is 1. The number of amides is 1. The molecule has 2 rings (SSSR count). The van der Waals surface area contributed by atoms with Gasteiger partial charge in [0.15, 0.2) is 5.82 Å². The van der Waals surface area contributed by atoms with Crippen molar-refractivity contribution in [3.05, 3.63) is 49.1 Å². The molecule has 0 atom stereocenters. The van der Waals surface area contributed by atoms with Gasteiger partial charge in [-0.2, -0.15) is 0 Å². The number of thiophene rings is 1. The van der Waals surface area contributed by atoms with Crippen LogP contribution in [-0.4, -0.2) is 5.91 Å². The molecule has 0 fully saturated rings. The zero-order valence-electron chi connectivity index (χ0n) is 9.56. The summed E-state index contributed by atoms with van der Waals surface area (Å²) in [6, 6.07) is 3.27. The summed E-state index contributed by atoms with van der Waals surface area (Å²) < 4.78 is 27.2. The Morgan fingerprint density at radius 1 is 1.37 bits per heavy atom. The van der Waals surface area contributed by atoms with E-state index in [1.165, 1.54) is 11.3 Å². The van der Waals surface area contributed by atoms with E-state index >= 15 is 0 Å². The number of nitrogens with one attached hydrogen (secondary N) is 1. The molecule has 0 aliphatic rings. The zero-order valence-corrected chi connectivity index (χ0v) is 12.7. The highest BCUT2D eigenvalue weighted by Gasteiger charge is 2.16. The lowest BCUT2D eigenvalue weighted by atomic mass is 10.2. The highest BCUT2D eigenvalue weighted by molar-refractivity contribution is 9.11. The van der Waals surface area contributed by atoms with Crippen LogP contribution in [0.3, 0.4) is 0 Å². The van der Waals surface area contributed by atoms with E-state index in [1.54, 1.807) is 6.07 Å². The fourth-order valence-electron chi connectivity index (χ4n) is 1.41. The van der Waals surface area contributed by atoms with E-state index in [0.29, 0.717) is 10.9 Å². The van der Waals surface area contributed by atoms with Crippen molar-refractivity contribution in [1.29, 1.82) is 0 Å². The summed E-state index contributed by atoms with van der Waals surface area (Å²) in [5.74, 6) is -2.20. The van der Waals surface area contributed by atoms with E-state index in [0.717, 1.165) is 15.4 Å². The SMILES string of the molecule is Cc1cc(C(=O)Nc2c(F)cc(F)cc2Cl)sc1Br. The Morgan fingerprint density at radius 2 is 2.05 bits per heavy atom. The van der Waals surface area contributed by atoms with Crippen LogP contribution in [0.25, 0.3) is 0 Å². The fraction of sp³-hybridized carbons (Fsp3) is 0.0833. The van der Waals surface area contributed by atoms with Gasteiger partial charge in [0.1, 0.15) is 5.82 Å². The molecule has 1 heterocycles. The lowest BCUT2D eigenvalue weighted by Gasteiger charge is -2.07. The highest BCUT2D eigenvalue weighted by Crippen LogP contribution is 2.30. The number of carbonyl (C=O) groups is 1. The molecule has 7 heteroatoms. The third-order valence-electron chi connectivity index (χ3n) is 2.33. The minimum absolute atomic E-state index is 0.182. The molecule has 0 unspecified atom stereocenters. The van der Waals surface area contributed by atoms with E-state index in [9.17, 15) is 13.6 Å². The molecular formula is C12H7BrClF2NOS. The Labute approximate surface area is 125 Å². The Balaban J connectivity index is 2.29. The van der Waals surface area contributed by atoms with Gasteiger partial charge in [-0.1, -0.05) is 11.6 Å². The first kappa shape index (κ1) is 14.4. The number of halogens is 4. The number of carbonyl (C=O) groups excluding carboxylic acids is 1. The van der Waals surface area contributed by atoms with Gasteiger partial charge in [-0.25, -0.2) is 8.78 Å². The van der Waals surface area contributed by atoms with Crippen molar-refractivity contribution in [3.63, 3.8) is 0 Å². The van der Waals surface area contributed by atoms with Crippen LogP contribution >= 0.6 is 38.9 Å². The summed E-state index contributed by atoms with van der Waals surface area (Å²) in [5.41, 5.74) is 0.677. The Bertz CT molecular complexity index is 617. The average molecular weight is 367 g/mol. The van der Waals surface area contributed by atoms with Crippen molar-refractivity contribution in [1.82, 2.24) is 0 Å². The second-order valence-corrected chi connectivity index (χ2v) is 6.54. The summed E-state index contributed by atoms with van der Waals surface area (Å²) in [4.78, 5) is 12.3. The minimum Gasteiger partial charge on any atom is -0.318 e. The van der Waals surface area contributed by atoms with Gasteiger partial charge in [0.2, 0.25) is 0 Å². The van der Waals surface area contributed by atoms with Gasteiger partial charge in [-0.15, -0.1) is 11.3 Å². The molecule has 0 aliphatic carbocycles. The molecule has 2 aromatic rings. The molecular weight excluding hydrogens is 360 g/mol. The third-order valence-corrected chi connectivity index (χ3v) is 4.76. The average Bonchev–Trinajstić information content (AvgIpc) is 2.64. The number of hydrogen-bond donors (Lipinski definition) is 1. The first-order valence-electron chi connectivity index (χ1n) is 5.10. The first-order chi connectivity index (χ1) is 8.88. The molecule has 0 saturated carbocycles. The molecule has 0 saturated heterocycles. The van der Waals surface area contributed by atoms with Gasteiger partial charge < -0.3 is 5.32 Å². The van der Waals surface area contributed by atoms with Gasteiger partial charge in [0.05, 0.1) is 19.4 Å². The van der Waals surface area contributed by atoms with Crippen LogP contribution in [0, 0.1) is 18.6 Å². The van der Waals surface area contributed by atoms with Crippen LogP contribution in [0.5, 0.6) is 0 Å². The maximum absolute atomic E-state index is 13.5. The van der Waals surface area contributed by atoms with E-state index in [2.05, 4.69) is 21.2 Å². The van der Waals surface area contributed by atoms with Crippen LogP contribution in [0.4, 0.5) is 14.5 Å². The number of rotatable bonds is 2. The molecule has 1 aromatic heterocycles. The van der Waals surface area contributed by atoms with E-state index in [4.69, 9.17) is 11.6 Å². The summed E-state index contributed by atoms with van der Waals surface area (Å²) in [6.45, 7) is 1.84. The van der Waals surface area contributed by atoms with E-state index < -0.39 is 17.5 Å². The van der Waals surface area contributed by atoms with Crippen molar-refractivity contribution in [3.8, 4) is 0 Å². The van der Waals surface area contributed by atoms with Crippen LogP contribution in [0.2, 0.25) is 5.02 Å². The van der Waals surface area contributed by atoms with E-state index in [1.807, 2.05) is 6.92 Å². The molecule has 2 nitrogen and oxygen atoms in total. The molecule has 100 valence electrons. The molecule has 1 amide bonds. The Morgan fingerprint density at radius 3 is 2.58 bits per heavy atom. The Kier molecular flexibility index (Phi) is 4.23. The Hall–Kier alpha value is -0.980. The van der Waals surface area contributed by atoms with Crippen molar-refractivity contribution < 1.29 is 13.6 Å². The molecule has 1 N–H and O–H groups in total. The van der Waals surface area contributed by atoms with Crippen LogP contribution in [0.1, 0.15) is 15.2 Å². The number of aryl methyl sites for hydroxylation is 1. The standard InChI is InChI=1S/C12H7BrClF2NOS/c1-5-2-9(19-11(5)13)12(18)17-10-7(14)3-6(15)4-8(10)16/h2-4H,1H3,(H,17,18). The normalized spacial score (nSPS) is 10.6. The maximum atomic E-state index is 13.5. The molecule has 0 spiro atoms. The molecule has 1 aromatic carbocycles. The molecule has 19 heavy (non-hydrogen) atoms. The molecule has 0 aliphatic heterocycles. The van der Waals surface area contributed by atoms with Crippen molar-refractivity contribution in [2.45, 2.75) is 6.92 Å². The van der Waals surface area contributed by atoms with Gasteiger partial charge in [0, 0.05) is 6.07 Å². The minimum atomic E-state index is -0.911. The third kappa shape index (κ3) is 3.13. The quantitative estimate of drug-likeness (QED) is 0.796. The topological polar surface area (TPSA) is 29.1 Å². The summed E-state index contributed by atoms with van der Waals surface area (Å²) in [5, 5.41) is 2.16. The van der Waals surface area contributed by atoms with Gasteiger partial charge >= 0.3 is 0 Å². The number of anilines is 1. The zero-order chi connectivity index (χ0) is 14.2. The van der Waals surface area contributed by atoms with Gasteiger partial charge in [0.25, 0.3) is 5.91 Å². The van der Waals surface area contributed by atoms with Crippen LogP contribution in [0.15, 0.2) is 22.0 Å². The largest absolute Gasteiger partial charge is 0.318 e. The van der Waals surface area contributed by atoms with Gasteiger partial charge in [-0.3, -0.25) is 4.79 Å². The molecule has 0 radical (unpaired) electrons.